The fraction of sp³-hybridized carbons (Fsp3) is 0.955. The largest absolute Gasteiger partial charge is 0.462 e. The molecular weight excluding hydrogens is 606 g/mol. The summed E-state index contributed by atoms with van der Waals surface area (Å²) in [4.78, 5) is 27.3. The zero-order chi connectivity index (χ0) is 36.0. The van der Waals surface area contributed by atoms with Crippen LogP contribution in [0.5, 0.6) is 0 Å². The van der Waals surface area contributed by atoms with Gasteiger partial charge in [0.25, 0.3) is 0 Å². The maximum absolute atomic E-state index is 12.5. The van der Waals surface area contributed by atoms with Crippen molar-refractivity contribution in [3.8, 4) is 0 Å². The van der Waals surface area contributed by atoms with Crippen molar-refractivity contribution in [1.29, 1.82) is 0 Å². The van der Waals surface area contributed by atoms with Gasteiger partial charge in [0.1, 0.15) is 12.2 Å². The second-order valence-electron chi connectivity index (χ2n) is 16.2. The monoisotopic (exact) mass is 692 g/mol. The second kappa shape index (κ2) is 30.5. The van der Waals surface area contributed by atoms with E-state index in [2.05, 4.69) is 46.7 Å². The quantitative estimate of drug-likeness (QED) is 0.0483. The number of hydrogen-bond donors (Lipinski definition) is 0. The highest BCUT2D eigenvalue weighted by Crippen LogP contribution is 2.60. The molecule has 0 saturated heterocycles. The molecule has 1 saturated carbocycles. The third-order valence-corrected chi connectivity index (χ3v) is 11.3. The number of esters is 2. The molecule has 0 aromatic carbocycles. The van der Waals surface area contributed by atoms with Gasteiger partial charge in [-0.3, -0.25) is 9.59 Å². The Morgan fingerprint density at radius 2 is 0.980 bits per heavy atom. The Hall–Kier alpha value is -1.10. The van der Waals surface area contributed by atoms with E-state index in [1.165, 1.54) is 129 Å². The molecule has 4 unspecified atom stereocenters. The molecule has 290 valence electrons. The van der Waals surface area contributed by atoms with Crippen molar-refractivity contribution >= 4 is 11.9 Å². The van der Waals surface area contributed by atoms with Gasteiger partial charge in [-0.2, -0.15) is 0 Å². The minimum atomic E-state index is 0.0317. The topological polar surface area (TPSA) is 55.8 Å². The van der Waals surface area contributed by atoms with Gasteiger partial charge in [-0.15, -0.1) is 0 Å². The summed E-state index contributed by atoms with van der Waals surface area (Å²) in [5, 5.41) is 0. The lowest BCUT2D eigenvalue weighted by molar-refractivity contribution is -0.151. The van der Waals surface area contributed by atoms with E-state index >= 15 is 0 Å². The van der Waals surface area contributed by atoms with Gasteiger partial charge in [-0.1, -0.05) is 137 Å². The highest BCUT2D eigenvalue weighted by Gasteiger charge is 2.51. The van der Waals surface area contributed by atoms with Gasteiger partial charge in [0.05, 0.1) is 0 Å². The van der Waals surface area contributed by atoms with E-state index < -0.39 is 0 Å². The van der Waals surface area contributed by atoms with E-state index in [1.54, 1.807) is 0 Å². The number of carbonyl (C=O) groups is 2. The van der Waals surface area contributed by atoms with E-state index in [0.717, 1.165) is 70.1 Å². The Balaban J connectivity index is 2.20. The normalized spacial score (nSPS) is 18.5. The summed E-state index contributed by atoms with van der Waals surface area (Å²) < 4.78 is 11.8. The number of hydrogen-bond acceptors (Lipinski definition) is 5. The Morgan fingerprint density at radius 1 is 0.551 bits per heavy atom. The van der Waals surface area contributed by atoms with Crippen LogP contribution in [0.3, 0.4) is 0 Å². The summed E-state index contributed by atoms with van der Waals surface area (Å²) in [6.07, 6.45) is 36.5. The minimum Gasteiger partial charge on any atom is -0.462 e. The number of unbranched alkanes of at least 4 members (excludes halogenated alkanes) is 15. The molecule has 1 aliphatic rings. The maximum atomic E-state index is 12.5. The molecule has 0 radical (unpaired) electrons. The molecule has 5 nitrogen and oxygen atoms in total. The molecule has 1 rings (SSSR count). The standard InChI is InChI=1S/C44H85NO4/c1-7-11-22-31-40(29-13-9-3)48-42(46)33-25-19-15-16-21-27-35-44(36-37-45(5)6)38-39(44)28-24-18-17-20-26-34-43(47)49-41(30-14-10-4)32-23-12-8-2/h39-41H,7-38H2,1-6H3. The first kappa shape index (κ1) is 45.9. The van der Waals surface area contributed by atoms with Crippen LogP contribution in [0.15, 0.2) is 0 Å². The Bertz CT molecular complexity index is 785. The highest BCUT2D eigenvalue weighted by atomic mass is 16.5. The Labute approximate surface area is 306 Å². The molecule has 0 spiro atoms. The van der Waals surface area contributed by atoms with Crippen LogP contribution in [0.25, 0.3) is 0 Å². The van der Waals surface area contributed by atoms with Gasteiger partial charge in [0, 0.05) is 12.8 Å². The van der Waals surface area contributed by atoms with Crippen LogP contribution in [0, 0.1) is 11.3 Å². The van der Waals surface area contributed by atoms with E-state index in [4.69, 9.17) is 9.47 Å². The molecule has 0 aromatic heterocycles. The van der Waals surface area contributed by atoms with Crippen molar-refractivity contribution in [2.24, 2.45) is 11.3 Å². The second-order valence-corrected chi connectivity index (χ2v) is 16.2. The number of rotatable bonds is 36. The summed E-state index contributed by atoms with van der Waals surface area (Å²) >= 11 is 0. The SMILES string of the molecule is CCCCCC(CCCC)OC(=O)CCCCCCCCC1(CCN(C)C)CC1CCCCCCCC(=O)OC(CCCC)CCCCC. The lowest BCUT2D eigenvalue weighted by Gasteiger charge is -2.20. The van der Waals surface area contributed by atoms with Crippen molar-refractivity contribution in [3.63, 3.8) is 0 Å². The molecule has 0 bridgehead atoms. The van der Waals surface area contributed by atoms with E-state index in [0.29, 0.717) is 18.3 Å². The van der Waals surface area contributed by atoms with Crippen molar-refractivity contribution in [2.75, 3.05) is 20.6 Å². The van der Waals surface area contributed by atoms with Gasteiger partial charge in [0.15, 0.2) is 0 Å². The fourth-order valence-corrected chi connectivity index (χ4v) is 7.79. The van der Waals surface area contributed by atoms with Crippen LogP contribution in [-0.2, 0) is 19.1 Å². The summed E-state index contributed by atoms with van der Waals surface area (Å²) in [6, 6.07) is 0. The summed E-state index contributed by atoms with van der Waals surface area (Å²) in [5.74, 6) is 0.985. The fourth-order valence-electron chi connectivity index (χ4n) is 7.79. The smallest absolute Gasteiger partial charge is 0.306 e. The first-order valence-corrected chi connectivity index (χ1v) is 21.8. The molecule has 0 aromatic rings. The number of ether oxygens (including phenoxy) is 2. The Morgan fingerprint density at radius 3 is 1.45 bits per heavy atom. The molecule has 0 aliphatic heterocycles. The summed E-state index contributed by atoms with van der Waals surface area (Å²) in [5.41, 5.74) is 0.592. The van der Waals surface area contributed by atoms with Gasteiger partial charge < -0.3 is 14.4 Å². The average Bonchev–Trinajstić information content (AvgIpc) is 3.78. The molecule has 5 heteroatoms. The first-order chi connectivity index (χ1) is 23.8. The van der Waals surface area contributed by atoms with Crippen LogP contribution in [0.2, 0.25) is 0 Å². The van der Waals surface area contributed by atoms with Gasteiger partial charge in [0.2, 0.25) is 0 Å². The van der Waals surface area contributed by atoms with E-state index in [9.17, 15) is 9.59 Å². The van der Waals surface area contributed by atoms with Crippen LogP contribution in [0.1, 0.15) is 227 Å². The third-order valence-electron chi connectivity index (χ3n) is 11.3. The number of nitrogens with zero attached hydrogens (tertiary/aromatic N) is 1. The van der Waals surface area contributed by atoms with Crippen molar-refractivity contribution in [3.05, 3.63) is 0 Å². The van der Waals surface area contributed by atoms with Crippen LogP contribution in [-0.4, -0.2) is 49.7 Å². The summed E-state index contributed by atoms with van der Waals surface area (Å²) in [6.45, 7) is 10.1. The lowest BCUT2D eigenvalue weighted by atomic mass is 9.89. The van der Waals surface area contributed by atoms with Gasteiger partial charge in [-0.05, 0) is 109 Å². The molecule has 1 aliphatic carbocycles. The lowest BCUT2D eigenvalue weighted by Crippen LogP contribution is -2.18. The first-order valence-electron chi connectivity index (χ1n) is 21.8. The molecule has 4 atom stereocenters. The van der Waals surface area contributed by atoms with Gasteiger partial charge >= 0.3 is 11.9 Å². The zero-order valence-corrected chi connectivity index (χ0v) is 33.9. The molecule has 0 N–H and O–H groups in total. The van der Waals surface area contributed by atoms with Crippen LogP contribution >= 0.6 is 0 Å². The molecular formula is C44H85NO4. The molecule has 1 fully saturated rings. The minimum absolute atomic E-state index is 0.0317. The predicted octanol–water partition coefficient (Wildman–Crippen LogP) is 13.2. The van der Waals surface area contributed by atoms with E-state index in [-0.39, 0.29) is 24.1 Å². The predicted molar refractivity (Wildman–Crippen MR) is 210 cm³/mol. The molecule has 49 heavy (non-hydrogen) atoms. The Kier molecular flexibility index (Phi) is 28.6. The third kappa shape index (κ3) is 24.7. The maximum Gasteiger partial charge on any atom is 0.306 e. The zero-order valence-electron chi connectivity index (χ0n) is 33.9. The van der Waals surface area contributed by atoms with Crippen molar-refractivity contribution < 1.29 is 19.1 Å². The van der Waals surface area contributed by atoms with Crippen LogP contribution < -0.4 is 0 Å². The van der Waals surface area contributed by atoms with Crippen molar-refractivity contribution in [1.82, 2.24) is 4.90 Å². The van der Waals surface area contributed by atoms with Gasteiger partial charge in [-0.25, -0.2) is 0 Å². The molecule has 0 amide bonds. The number of carbonyl (C=O) groups excluding carboxylic acids is 2. The van der Waals surface area contributed by atoms with E-state index in [1.807, 2.05) is 0 Å². The highest BCUT2D eigenvalue weighted by molar-refractivity contribution is 5.69. The molecule has 0 heterocycles. The average molecular weight is 692 g/mol. The van der Waals surface area contributed by atoms with Crippen LogP contribution in [0.4, 0.5) is 0 Å². The summed E-state index contributed by atoms with van der Waals surface area (Å²) in [7, 11) is 4.43. The van der Waals surface area contributed by atoms with Crippen molar-refractivity contribution in [2.45, 2.75) is 239 Å².